The molecule has 0 atom stereocenters. The van der Waals surface area contributed by atoms with Gasteiger partial charge >= 0.3 is 6.03 Å². The predicted octanol–water partition coefficient (Wildman–Crippen LogP) is 4.55. The first-order valence-electron chi connectivity index (χ1n) is 11.2. The molecule has 0 saturated carbocycles. The Morgan fingerprint density at radius 3 is 2.55 bits per heavy atom. The van der Waals surface area contributed by atoms with Gasteiger partial charge in [0.25, 0.3) is 0 Å². The zero-order valence-corrected chi connectivity index (χ0v) is 19.1. The van der Waals surface area contributed by atoms with Gasteiger partial charge in [-0.1, -0.05) is 30.3 Å². The summed E-state index contributed by atoms with van der Waals surface area (Å²) in [5.41, 5.74) is 3.07. The maximum absolute atomic E-state index is 12.8. The molecule has 31 heavy (non-hydrogen) atoms. The van der Waals surface area contributed by atoms with E-state index < -0.39 is 0 Å². The standard InChI is InChI=1S/C25H36N4O2/c1-28(2)18-15-26-23-19-22(11-12-24(23)31-3)27-25(30)29-16-13-21(14-17-29)10-9-20-7-5-4-6-8-20/h4-8,11-12,19,21,26H,9-10,13-18H2,1-3H3,(H,27,30). The van der Waals surface area contributed by atoms with Gasteiger partial charge in [-0.3, -0.25) is 0 Å². The number of methoxy groups -OCH3 is 1. The Morgan fingerprint density at radius 2 is 1.87 bits per heavy atom. The van der Waals surface area contributed by atoms with E-state index in [0.717, 1.165) is 62.6 Å². The van der Waals surface area contributed by atoms with Crippen LogP contribution in [0.5, 0.6) is 5.75 Å². The van der Waals surface area contributed by atoms with Crippen molar-refractivity contribution in [2.75, 3.05) is 58.0 Å². The third-order valence-corrected chi connectivity index (χ3v) is 5.91. The summed E-state index contributed by atoms with van der Waals surface area (Å²) in [6.45, 7) is 3.35. The first-order chi connectivity index (χ1) is 15.0. The summed E-state index contributed by atoms with van der Waals surface area (Å²) in [6.07, 6.45) is 4.45. The van der Waals surface area contributed by atoms with Gasteiger partial charge in [0, 0.05) is 31.9 Å². The van der Waals surface area contributed by atoms with Gasteiger partial charge in [0.2, 0.25) is 0 Å². The number of amides is 2. The molecule has 2 aromatic rings. The van der Waals surface area contributed by atoms with Gasteiger partial charge in [-0.05, 0) is 69.5 Å². The van der Waals surface area contributed by atoms with Crippen LogP contribution >= 0.6 is 0 Å². The van der Waals surface area contributed by atoms with Crippen LogP contribution in [0.2, 0.25) is 0 Å². The number of anilines is 2. The van der Waals surface area contributed by atoms with Crippen molar-refractivity contribution in [3.05, 3.63) is 54.1 Å². The second-order valence-electron chi connectivity index (χ2n) is 8.53. The summed E-state index contributed by atoms with van der Waals surface area (Å²) in [6, 6.07) is 16.4. The van der Waals surface area contributed by atoms with E-state index in [1.165, 1.54) is 12.0 Å². The fourth-order valence-electron chi connectivity index (χ4n) is 3.98. The average Bonchev–Trinajstić information content (AvgIpc) is 2.78. The lowest BCUT2D eigenvalue weighted by molar-refractivity contribution is 0.180. The minimum atomic E-state index is -0.0223. The number of likely N-dealkylation sites (tertiary alicyclic amines) is 1. The topological polar surface area (TPSA) is 56.8 Å². The van der Waals surface area contributed by atoms with Gasteiger partial charge in [0.15, 0.2) is 0 Å². The Morgan fingerprint density at radius 1 is 1.13 bits per heavy atom. The smallest absolute Gasteiger partial charge is 0.321 e. The highest BCUT2D eigenvalue weighted by Gasteiger charge is 2.23. The van der Waals surface area contributed by atoms with Crippen molar-refractivity contribution in [2.45, 2.75) is 25.7 Å². The zero-order chi connectivity index (χ0) is 22.1. The fourth-order valence-corrected chi connectivity index (χ4v) is 3.98. The Hall–Kier alpha value is -2.73. The second kappa shape index (κ2) is 11.6. The number of nitrogens with zero attached hydrogens (tertiary/aromatic N) is 2. The molecule has 168 valence electrons. The van der Waals surface area contributed by atoms with E-state index in [1.54, 1.807) is 7.11 Å². The highest BCUT2D eigenvalue weighted by Crippen LogP contribution is 2.28. The molecule has 2 aromatic carbocycles. The third-order valence-electron chi connectivity index (χ3n) is 5.91. The highest BCUT2D eigenvalue weighted by atomic mass is 16.5. The minimum Gasteiger partial charge on any atom is -0.495 e. The van der Waals surface area contributed by atoms with Crippen molar-refractivity contribution in [2.24, 2.45) is 5.92 Å². The monoisotopic (exact) mass is 424 g/mol. The number of rotatable bonds is 9. The van der Waals surface area contributed by atoms with E-state index in [4.69, 9.17) is 4.74 Å². The number of hydrogen-bond acceptors (Lipinski definition) is 4. The summed E-state index contributed by atoms with van der Waals surface area (Å²) >= 11 is 0. The number of benzene rings is 2. The number of carbonyl (C=O) groups excluding carboxylic acids is 1. The average molecular weight is 425 g/mol. The normalized spacial score (nSPS) is 14.5. The molecule has 1 heterocycles. The molecule has 2 N–H and O–H groups in total. The molecule has 0 spiro atoms. The van der Waals surface area contributed by atoms with E-state index >= 15 is 0 Å². The van der Waals surface area contributed by atoms with E-state index in [1.807, 2.05) is 37.2 Å². The van der Waals surface area contributed by atoms with E-state index in [0.29, 0.717) is 5.92 Å². The molecule has 0 aliphatic carbocycles. The summed E-state index contributed by atoms with van der Waals surface area (Å²) in [4.78, 5) is 16.8. The van der Waals surface area contributed by atoms with Gasteiger partial charge in [0.05, 0.1) is 12.8 Å². The maximum Gasteiger partial charge on any atom is 0.321 e. The molecule has 0 unspecified atom stereocenters. The molecule has 1 fully saturated rings. The summed E-state index contributed by atoms with van der Waals surface area (Å²) in [7, 11) is 5.74. The molecule has 1 aliphatic rings. The van der Waals surface area contributed by atoms with Gasteiger partial charge in [-0.15, -0.1) is 0 Å². The van der Waals surface area contributed by atoms with Crippen LogP contribution in [0.3, 0.4) is 0 Å². The molecule has 1 saturated heterocycles. The van der Waals surface area contributed by atoms with Crippen LogP contribution in [0.25, 0.3) is 0 Å². The maximum atomic E-state index is 12.8. The third kappa shape index (κ3) is 7.17. The predicted molar refractivity (Wildman–Crippen MR) is 128 cm³/mol. The molecule has 3 rings (SSSR count). The summed E-state index contributed by atoms with van der Waals surface area (Å²) in [5, 5.41) is 6.45. The van der Waals surface area contributed by atoms with Crippen molar-refractivity contribution in [1.29, 1.82) is 0 Å². The zero-order valence-electron chi connectivity index (χ0n) is 19.1. The number of aryl methyl sites for hydroxylation is 1. The van der Waals surface area contributed by atoms with E-state index in [9.17, 15) is 4.79 Å². The largest absolute Gasteiger partial charge is 0.495 e. The Balaban J connectivity index is 1.47. The molecule has 0 aromatic heterocycles. The lowest BCUT2D eigenvalue weighted by Crippen LogP contribution is -2.41. The first-order valence-corrected chi connectivity index (χ1v) is 11.2. The minimum absolute atomic E-state index is 0.0223. The van der Waals surface area contributed by atoms with Crippen molar-refractivity contribution >= 4 is 17.4 Å². The first kappa shape index (κ1) is 22.9. The van der Waals surface area contributed by atoms with Crippen LogP contribution in [0, 0.1) is 5.92 Å². The van der Waals surface area contributed by atoms with Crippen LogP contribution in [0.1, 0.15) is 24.8 Å². The van der Waals surface area contributed by atoms with Gasteiger partial charge in [0.1, 0.15) is 5.75 Å². The number of carbonyl (C=O) groups is 1. The van der Waals surface area contributed by atoms with E-state index in [-0.39, 0.29) is 6.03 Å². The van der Waals surface area contributed by atoms with Gasteiger partial charge < -0.3 is 25.2 Å². The SMILES string of the molecule is COc1ccc(NC(=O)N2CCC(CCc3ccccc3)CC2)cc1NCCN(C)C. The van der Waals surface area contributed by atoms with Crippen LogP contribution in [-0.4, -0.2) is 63.2 Å². The Labute approximate surface area is 186 Å². The number of hydrogen-bond donors (Lipinski definition) is 2. The molecular weight excluding hydrogens is 388 g/mol. The highest BCUT2D eigenvalue weighted by molar-refractivity contribution is 5.90. The van der Waals surface area contributed by atoms with Crippen molar-refractivity contribution in [1.82, 2.24) is 9.80 Å². The van der Waals surface area contributed by atoms with Crippen LogP contribution in [0.4, 0.5) is 16.2 Å². The molecule has 0 radical (unpaired) electrons. The van der Waals surface area contributed by atoms with Crippen LogP contribution in [-0.2, 0) is 6.42 Å². The number of nitrogens with one attached hydrogen (secondary N) is 2. The summed E-state index contributed by atoms with van der Waals surface area (Å²) in [5.74, 6) is 1.47. The number of likely N-dealkylation sites (N-methyl/N-ethyl adjacent to an activating group) is 1. The van der Waals surface area contributed by atoms with E-state index in [2.05, 4.69) is 45.9 Å². The molecular formula is C25H36N4O2. The van der Waals surface area contributed by atoms with Crippen LogP contribution < -0.4 is 15.4 Å². The number of urea groups is 1. The number of piperidine rings is 1. The van der Waals surface area contributed by atoms with Crippen molar-refractivity contribution in [3.8, 4) is 5.75 Å². The molecule has 0 bridgehead atoms. The van der Waals surface area contributed by atoms with Gasteiger partial charge in [-0.2, -0.15) is 0 Å². The fraction of sp³-hybridized carbons (Fsp3) is 0.480. The second-order valence-corrected chi connectivity index (χ2v) is 8.53. The molecule has 6 nitrogen and oxygen atoms in total. The lowest BCUT2D eigenvalue weighted by atomic mass is 9.90. The van der Waals surface area contributed by atoms with Crippen molar-refractivity contribution < 1.29 is 9.53 Å². The molecule has 6 heteroatoms. The number of ether oxygens (including phenoxy) is 1. The van der Waals surface area contributed by atoms with Crippen molar-refractivity contribution in [3.63, 3.8) is 0 Å². The van der Waals surface area contributed by atoms with Gasteiger partial charge in [-0.25, -0.2) is 4.79 Å². The van der Waals surface area contributed by atoms with Crippen LogP contribution in [0.15, 0.2) is 48.5 Å². The summed E-state index contributed by atoms with van der Waals surface area (Å²) < 4.78 is 5.45. The lowest BCUT2D eigenvalue weighted by Gasteiger charge is -2.32. The quantitative estimate of drug-likeness (QED) is 0.620. The Bertz CT molecular complexity index is 818. The molecule has 2 amide bonds. The molecule has 1 aliphatic heterocycles. The Kier molecular flexibility index (Phi) is 8.59.